The summed E-state index contributed by atoms with van der Waals surface area (Å²) in [6, 6.07) is 10.8. The van der Waals surface area contributed by atoms with E-state index in [2.05, 4.69) is 48.8 Å². The minimum absolute atomic E-state index is 0.368. The topological polar surface area (TPSA) is 34.2 Å². The van der Waals surface area contributed by atoms with Gasteiger partial charge in [-0.2, -0.15) is 0 Å². The minimum atomic E-state index is 0.368. The SMILES string of the molecule is COc1cc(N2CCN(C(C)c3ccc(OCC4CCOC4)c(C)c3C)CC2)ccc1Cl. The molecule has 5 nitrogen and oxygen atoms in total. The van der Waals surface area contributed by atoms with E-state index in [0.29, 0.717) is 17.0 Å². The van der Waals surface area contributed by atoms with Crippen molar-refractivity contribution < 1.29 is 14.2 Å². The maximum atomic E-state index is 6.19. The van der Waals surface area contributed by atoms with E-state index in [1.807, 2.05) is 12.1 Å². The Morgan fingerprint density at radius 2 is 1.84 bits per heavy atom. The number of anilines is 1. The van der Waals surface area contributed by atoms with Crippen LogP contribution >= 0.6 is 11.6 Å². The molecule has 2 unspecified atom stereocenters. The number of rotatable bonds is 7. The molecular formula is C26H35ClN2O3. The van der Waals surface area contributed by atoms with E-state index in [1.54, 1.807) is 7.11 Å². The van der Waals surface area contributed by atoms with Crippen LogP contribution in [0.4, 0.5) is 5.69 Å². The Morgan fingerprint density at radius 3 is 2.53 bits per heavy atom. The smallest absolute Gasteiger partial charge is 0.139 e. The van der Waals surface area contributed by atoms with Crippen molar-refractivity contribution in [3.63, 3.8) is 0 Å². The fourth-order valence-corrected chi connectivity index (χ4v) is 4.95. The van der Waals surface area contributed by atoms with Gasteiger partial charge >= 0.3 is 0 Å². The highest BCUT2D eigenvalue weighted by atomic mass is 35.5. The molecule has 0 spiro atoms. The van der Waals surface area contributed by atoms with E-state index in [9.17, 15) is 0 Å². The minimum Gasteiger partial charge on any atom is -0.495 e. The molecule has 0 bridgehead atoms. The third kappa shape index (κ3) is 5.00. The standard InChI is InChI=1S/C26H35ClN2O3/c1-18-19(2)25(32-17-21-9-14-31-16-21)8-6-23(18)20(3)28-10-12-29(13-11-28)22-5-7-24(27)26(15-22)30-4/h5-8,15,20-21H,9-14,16-17H2,1-4H3. The van der Waals surface area contributed by atoms with E-state index in [1.165, 1.54) is 22.4 Å². The van der Waals surface area contributed by atoms with Crippen LogP contribution in [0.1, 0.15) is 36.1 Å². The quantitative estimate of drug-likeness (QED) is 0.565. The van der Waals surface area contributed by atoms with E-state index in [-0.39, 0.29) is 0 Å². The van der Waals surface area contributed by atoms with Crippen molar-refractivity contribution in [3.8, 4) is 11.5 Å². The van der Waals surface area contributed by atoms with Gasteiger partial charge in [-0.3, -0.25) is 4.90 Å². The Bertz CT molecular complexity index is 922. The Kier molecular flexibility index (Phi) is 7.49. The molecule has 2 atom stereocenters. The van der Waals surface area contributed by atoms with E-state index in [4.69, 9.17) is 25.8 Å². The lowest BCUT2D eigenvalue weighted by Gasteiger charge is -2.40. The molecule has 0 aromatic heterocycles. The largest absolute Gasteiger partial charge is 0.495 e. The van der Waals surface area contributed by atoms with Crippen LogP contribution in [0.15, 0.2) is 30.3 Å². The Balaban J connectivity index is 1.38. The third-order valence-electron chi connectivity index (χ3n) is 7.09. The molecule has 2 aromatic rings. The molecule has 174 valence electrons. The Labute approximate surface area is 197 Å². The van der Waals surface area contributed by atoms with Gasteiger partial charge in [-0.25, -0.2) is 0 Å². The first-order valence-electron chi connectivity index (χ1n) is 11.6. The number of nitrogens with zero attached hydrogens (tertiary/aromatic N) is 2. The summed E-state index contributed by atoms with van der Waals surface area (Å²) in [5, 5.41) is 0.651. The van der Waals surface area contributed by atoms with Gasteiger partial charge in [-0.1, -0.05) is 17.7 Å². The monoisotopic (exact) mass is 458 g/mol. The normalized spacial score (nSPS) is 20.4. The van der Waals surface area contributed by atoms with Crippen LogP contribution in [-0.4, -0.2) is 58.0 Å². The van der Waals surface area contributed by atoms with E-state index >= 15 is 0 Å². The van der Waals surface area contributed by atoms with Gasteiger partial charge in [0.15, 0.2) is 0 Å². The summed E-state index contributed by atoms with van der Waals surface area (Å²) in [5.41, 5.74) is 5.14. The van der Waals surface area contributed by atoms with Crippen LogP contribution in [0.25, 0.3) is 0 Å². The molecule has 2 fully saturated rings. The summed E-state index contributed by atoms with van der Waals surface area (Å²) in [7, 11) is 1.66. The fourth-order valence-electron chi connectivity index (χ4n) is 4.76. The Hall–Kier alpha value is -1.95. The summed E-state index contributed by atoms with van der Waals surface area (Å²) >= 11 is 6.19. The van der Waals surface area contributed by atoms with Crippen LogP contribution in [0.3, 0.4) is 0 Å². The number of halogens is 1. The van der Waals surface area contributed by atoms with Crippen molar-refractivity contribution in [2.45, 2.75) is 33.2 Å². The number of hydrogen-bond donors (Lipinski definition) is 0. The van der Waals surface area contributed by atoms with Crippen molar-refractivity contribution >= 4 is 17.3 Å². The summed E-state index contributed by atoms with van der Waals surface area (Å²) < 4.78 is 17.0. The van der Waals surface area contributed by atoms with Gasteiger partial charge in [0.1, 0.15) is 11.5 Å². The molecule has 0 radical (unpaired) electrons. The van der Waals surface area contributed by atoms with Crippen molar-refractivity contribution in [3.05, 3.63) is 52.0 Å². The van der Waals surface area contributed by atoms with Crippen LogP contribution in [0.5, 0.6) is 11.5 Å². The number of piperazine rings is 1. The zero-order valence-corrected chi connectivity index (χ0v) is 20.5. The summed E-state index contributed by atoms with van der Waals surface area (Å²) in [4.78, 5) is 4.98. The maximum Gasteiger partial charge on any atom is 0.139 e. The van der Waals surface area contributed by atoms with Gasteiger partial charge in [0.25, 0.3) is 0 Å². The first-order valence-corrected chi connectivity index (χ1v) is 12.0. The molecule has 0 amide bonds. The lowest BCUT2D eigenvalue weighted by molar-refractivity contribution is 0.166. The molecule has 2 aliphatic rings. The molecule has 32 heavy (non-hydrogen) atoms. The van der Waals surface area contributed by atoms with E-state index in [0.717, 1.165) is 63.9 Å². The number of methoxy groups -OCH3 is 1. The van der Waals surface area contributed by atoms with Gasteiger partial charge in [-0.15, -0.1) is 0 Å². The second-order valence-corrected chi connectivity index (χ2v) is 9.37. The van der Waals surface area contributed by atoms with Crippen LogP contribution < -0.4 is 14.4 Å². The van der Waals surface area contributed by atoms with Gasteiger partial charge < -0.3 is 19.1 Å². The van der Waals surface area contributed by atoms with Crippen molar-refractivity contribution in [1.29, 1.82) is 0 Å². The van der Waals surface area contributed by atoms with Gasteiger partial charge in [0, 0.05) is 56.5 Å². The highest BCUT2D eigenvalue weighted by Crippen LogP contribution is 2.33. The van der Waals surface area contributed by atoms with Crippen molar-refractivity contribution in [2.75, 3.05) is 58.0 Å². The van der Waals surface area contributed by atoms with Crippen molar-refractivity contribution in [2.24, 2.45) is 5.92 Å². The lowest BCUT2D eigenvalue weighted by atomic mass is 9.96. The molecule has 4 rings (SSSR count). The first kappa shape index (κ1) is 23.2. The molecule has 2 saturated heterocycles. The molecule has 6 heteroatoms. The highest BCUT2D eigenvalue weighted by molar-refractivity contribution is 6.32. The molecule has 2 aromatic carbocycles. The molecule has 2 heterocycles. The highest BCUT2D eigenvalue weighted by Gasteiger charge is 2.25. The lowest BCUT2D eigenvalue weighted by Crippen LogP contribution is -2.47. The predicted octanol–water partition coefficient (Wildman–Crippen LogP) is 5.26. The average molecular weight is 459 g/mol. The van der Waals surface area contributed by atoms with Crippen molar-refractivity contribution in [1.82, 2.24) is 4.90 Å². The summed E-state index contributed by atoms with van der Waals surface area (Å²) in [5.74, 6) is 2.26. The van der Waals surface area contributed by atoms with Crippen LogP contribution in [-0.2, 0) is 4.74 Å². The van der Waals surface area contributed by atoms with Gasteiger partial charge in [0.2, 0.25) is 0 Å². The molecule has 0 N–H and O–H groups in total. The second kappa shape index (κ2) is 10.3. The first-order chi connectivity index (χ1) is 15.5. The van der Waals surface area contributed by atoms with E-state index < -0.39 is 0 Å². The summed E-state index contributed by atoms with van der Waals surface area (Å²) in [6.45, 7) is 13.2. The van der Waals surface area contributed by atoms with Crippen LogP contribution in [0, 0.1) is 19.8 Å². The molecule has 0 aliphatic carbocycles. The Morgan fingerprint density at radius 1 is 1.06 bits per heavy atom. The summed E-state index contributed by atoms with van der Waals surface area (Å²) in [6.07, 6.45) is 1.10. The van der Waals surface area contributed by atoms with Crippen LogP contribution in [0.2, 0.25) is 5.02 Å². The zero-order chi connectivity index (χ0) is 22.7. The van der Waals surface area contributed by atoms with Gasteiger partial charge in [0.05, 0.1) is 25.3 Å². The fraction of sp³-hybridized carbons (Fsp3) is 0.538. The predicted molar refractivity (Wildman–Crippen MR) is 131 cm³/mol. The molecule has 2 aliphatic heterocycles. The number of benzene rings is 2. The zero-order valence-electron chi connectivity index (χ0n) is 19.7. The molecule has 0 saturated carbocycles. The average Bonchev–Trinajstić information content (AvgIpc) is 3.34. The third-order valence-corrected chi connectivity index (χ3v) is 7.40. The number of ether oxygens (including phenoxy) is 3. The van der Waals surface area contributed by atoms with Gasteiger partial charge in [-0.05, 0) is 62.1 Å². The molecular weight excluding hydrogens is 424 g/mol. The maximum absolute atomic E-state index is 6.19. The second-order valence-electron chi connectivity index (χ2n) is 8.96. The number of hydrogen-bond acceptors (Lipinski definition) is 5.